The van der Waals surface area contributed by atoms with Crippen molar-refractivity contribution in [2.45, 2.75) is 32.4 Å². The van der Waals surface area contributed by atoms with Gasteiger partial charge in [0.1, 0.15) is 18.2 Å². The molecule has 1 aliphatic carbocycles. The second-order valence-electron chi connectivity index (χ2n) is 8.26. The molecule has 0 aliphatic heterocycles. The molecule has 0 unspecified atom stereocenters. The summed E-state index contributed by atoms with van der Waals surface area (Å²) in [6.07, 6.45) is 5.22. The molecular weight excluding hydrogens is 417 g/mol. The standard InChI is InChI=1S/C27H24FN3O2/c28-24-9-2-4-19(15-24)17-31-13-12-26(30-31)29-27(32)23-8-1-5-20(14-23)18-33-25-11-10-21-6-3-7-22(21)16-25/h1-2,4-5,8-16H,3,6-7,17-18H2,(H,29,30,32). The number of carbonyl (C=O) groups is 1. The monoisotopic (exact) mass is 441 g/mol. The highest BCUT2D eigenvalue weighted by molar-refractivity contribution is 6.03. The zero-order chi connectivity index (χ0) is 22.6. The third-order valence-corrected chi connectivity index (χ3v) is 5.78. The minimum atomic E-state index is -0.284. The van der Waals surface area contributed by atoms with Crippen molar-refractivity contribution in [1.82, 2.24) is 9.78 Å². The Labute approximate surface area is 191 Å². The van der Waals surface area contributed by atoms with E-state index in [1.54, 1.807) is 29.1 Å². The molecule has 5 nitrogen and oxygen atoms in total. The molecule has 1 N–H and O–H groups in total. The SMILES string of the molecule is O=C(Nc1ccn(Cc2cccc(F)c2)n1)c1cccc(COc2ccc3c(c2)CCC3)c1. The van der Waals surface area contributed by atoms with Gasteiger partial charge in [-0.15, -0.1) is 0 Å². The van der Waals surface area contributed by atoms with E-state index in [1.165, 1.54) is 29.7 Å². The molecule has 0 saturated carbocycles. The van der Waals surface area contributed by atoms with Crippen molar-refractivity contribution in [3.63, 3.8) is 0 Å². The Morgan fingerprint density at radius 3 is 2.73 bits per heavy atom. The lowest BCUT2D eigenvalue weighted by Gasteiger charge is -2.09. The summed E-state index contributed by atoms with van der Waals surface area (Å²) in [5.74, 6) is 0.768. The highest BCUT2D eigenvalue weighted by Gasteiger charge is 2.12. The number of amides is 1. The first-order valence-corrected chi connectivity index (χ1v) is 11.1. The van der Waals surface area contributed by atoms with Gasteiger partial charge in [0.15, 0.2) is 5.82 Å². The van der Waals surface area contributed by atoms with Crippen molar-refractivity contribution in [3.05, 3.63) is 113 Å². The van der Waals surface area contributed by atoms with Crippen LogP contribution in [0.2, 0.25) is 0 Å². The van der Waals surface area contributed by atoms with Gasteiger partial charge in [-0.1, -0.05) is 30.3 Å². The van der Waals surface area contributed by atoms with Gasteiger partial charge in [-0.05, 0) is 77.9 Å². The summed E-state index contributed by atoms with van der Waals surface area (Å²) in [7, 11) is 0. The molecule has 4 aromatic rings. The van der Waals surface area contributed by atoms with E-state index in [4.69, 9.17) is 4.74 Å². The Morgan fingerprint density at radius 2 is 1.82 bits per heavy atom. The summed E-state index contributed by atoms with van der Waals surface area (Å²) in [6, 6.07) is 21.8. The van der Waals surface area contributed by atoms with Crippen LogP contribution in [0.5, 0.6) is 5.75 Å². The zero-order valence-corrected chi connectivity index (χ0v) is 18.1. The first-order chi connectivity index (χ1) is 16.1. The number of fused-ring (bicyclic) bond motifs is 1. The quantitative estimate of drug-likeness (QED) is 0.418. The van der Waals surface area contributed by atoms with E-state index < -0.39 is 0 Å². The molecule has 0 atom stereocenters. The molecule has 1 aromatic heterocycles. The molecule has 0 saturated heterocycles. The summed E-state index contributed by atoms with van der Waals surface area (Å²) in [5.41, 5.74) is 5.04. The van der Waals surface area contributed by atoms with Crippen molar-refractivity contribution in [2.24, 2.45) is 0 Å². The maximum Gasteiger partial charge on any atom is 0.256 e. The van der Waals surface area contributed by atoms with Crippen molar-refractivity contribution in [1.29, 1.82) is 0 Å². The third kappa shape index (κ3) is 5.12. The van der Waals surface area contributed by atoms with Crippen LogP contribution in [0.3, 0.4) is 0 Å². The number of halogens is 1. The number of aromatic nitrogens is 2. The Morgan fingerprint density at radius 1 is 0.970 bits per heavy atom. The molecule has 0 fully saturated rings. The second kappa shape index (κ2) is 9.28. The lowest BCUT2D eigenvalue weighted by Crippen LogP contribution is -2.13. The topological polar surface area (TPSA) is 56.2 Å². The van der Waals surface area contributed by atoms with Gasteiger partial charge in [0.05, 0.1) is 6.54 Å². The maximum absolute atomic E-state index is 13.4. The number of nitrogens with one attached hydrogen (secondary N) is 1. The molecule has 1 aliphatic rings. The Bertz CT molecular complexity index is 1300. The Hall–Kier alpha value is -3.93. The first-order valence-electron chi connectivity index (χ1n) is 11.1. The molecule has 3 aromatic carbocycles. The third-order valence-electron chi connectivity index (χ3n) is 5.78. The molecule has 0 bridgehead atoms. The van der Waals surface area contributed by atoms with E-state index in [0.29, 0.717) is 24.5 Å². The molecular formula is C27H24FN3O2. The summed E-state index contributed by atoms with van der Waals surface area (Å²) < 4.78 is 21.0. The molecule has 5 rings (SSSR count). The fraction of sp³-hybridized carbons (Fsp3) is 0.185. The summed E-state index contributed by atoms with van der Waals surface area (Å²) in [4.78, 5) is 12.7. The highest BCUT2D eigenvalue weighted by Crippen LogP contribution is 2.26. The largest absolute Gasteiger partial charge is 0.489 e. The van der Waals surface area contributed by atoms with E-state index in [9.17, 15) is 9.18 Å². The van der Waals surface area contributed by atoms with Gasteiger partial charge in [0.25, 0.3) is 5.91 Å². The van der Waals surface area contributed by atoms with Crippen LogP contribution < -0.4 is 10.1 Å². The van der Waals surface area contributed by atoms with E-state index in [1.807, 2.05) is 30.3 Å². The van der Waals surface area contributed by atoms with E-state index in [2.05, 4.69) is 22.5 Å². The number of carbonyl (C=O) groups excluding carboxylic acids is 1. The van der Waals surface area contributed by atoms with Gasteiger partial charge >= 0.3 is 0 Å². The fourth-order valence-corrected chi connectivity index (χ4v) is 4.13. The van der Waals surface area contributed by atoms with Crippen LogP contribution >= 0.6 is 0 Å². The molecule has 166 valence electrons. The average molecular weight is 442 g/mol. The minimum Gasteiger partial charge on any atom is -0.489 e. The van der Waals surface area contributed by atoms with Crippen LogP contribution in [0.1, 0.15) is 39.0 Å². The number of aryl methyl sites for hydroxylation is 2. The number of benzene rings is 3. The number of ether oxygens (including phenoxy) is 1. The lowest BCUT2D eigenvalue weighted by molar-refractivity contribution is 0.102. The minimum absolute atomic E-state index is 0.245. The van der Waals surface area contributed by atoms with Crippen molar-refractivity contribution in [2.75, 3.05) is 5.32 Å². The zero-order valence-electron chi connectivity index (χ0n) is 18.1. The van der Waals surface area contributed by atoms with Gasteiger partial charge in [0, 0.05) is 17.8 Å². The average Bonchev–Trinajstić information content (AvgIpc) is 3.47. The van der Waals surface area contributed by atoms with Gasteiger partial charge in [-0.2, -0.15) is 5.10 Å². The normalized spacial score (nSPS) is 12.4. The number of hydrogen-bond donors (Lipinski definition) is 1. The van der Waals surface area contributed by atoms with Crippen LogP contribution in [0.25, 0.3) is 0 Å². The van der Waals surface area contributed by atoms with E-state index in [0.717, 1.165) is 29.7 Å². The van der Waals surface area contributed by atoms with Crippen LogP contribution in [0.15, 0.2) is 79.0 Å². The Kier molecular flexibility index (Phi) is 5.89. The fourth-order valence-electron chi connectivity index (χ4n) is 4.13. The van der Waals surface area contributed by atoms with Gasteiger partial charge in [0.2, 0.25) is 0 Å². The number of anilines is 1. The predicted octanol–water partition coefficient (Wildman–Crippen LogP) is 5.39. The Balaban J connectivity index is 1.20. The van der Waals surface area contributed by atoms with Crippen molar-refractivity contribution < 1.29 is 13.9 Å². The summed E-state index contributed by atoms with van der Waals surface area (Å²) in [6.45, 7) is 0.811. The lowest BCUT2D eigenvalue weighted by atomic mass is 10.1. The number of rotatable bonds is 7. The highest BCUT2D eigenvalue weighted by atomic mass is 19.1. The molecule has 33 heavy (non-hydrogen) atoms. The molecule has 1 amide bonds. The van der Waals surface area contributed by atoms with Crippen LogP contribution in [0.4, 0.5) is 10.2 Å². The molecule has 0 spiro atoms. The van der Waals surface area contributed by atoms with E-state index in [-0.39, 0.29) is 11.7 Å². The van der Waals surface area contributed by atoms with Crippen LogP contribution in [-0.2, 0) is 26.0 Å². The van der Waals surface area contributed by atoms with Gasteiger partial charge in [-0.25, -0.2) is 4.39 Å². The second-order valence-corrected chi connectivity index (χ2v) is 8.26. The first kappa shape index (κ1) is 20.9. The van der Waals surface area contributed by atoms with Crippen LogP contribution in [-0.4, -0.2) is 15.7 Å². The van der Waals surface area contributed by atoms with Crippen LogP contribution in [0, 0.1) is 5.82 Å². The van der Waals surface area contributed by atoms with E-state index >= 15 is 0 Å². The van der Waals surface area contributed by atoms with Gasteiger partial charge < -0.3 is 10.1 Å². The molecule has 1 heterocycles. The smallest absolute Gasteiger partial charge is 0.256 e. The maximum atomic E-state index is 13.4. The number of hydrogen-bond acceptors (Lipinski definition) is 3. The van der Waals surface area contributed by atoms with Crippen molar-refractivity contribution in [3.8, 4) is 5.75 Å². The predicted molar refractivity (Wildman–Crippen MR) is 125 cm³/mol. The van der Waals surface area contributed by atoms with Gasteiger partial charge in [-0.3, -0.25) is 9.48 Å². The van der Waals surface area contributed by atoms with Crippen molar-refractivity contribution >= 4 is 11.7 Å². The summed E-state index contributed by atoms with van der Waals surface area (Å²) >= 11 is 0. The molecule has 0 radical (unpaired) electrons. The number of nitrogens with zero attached hydrogens (tertiary/aromatic N) is 2. The summed E-state index contributed by atoms with van der Waals surface area (Å²) in [5, 5.41) is 7.18. The molecule has 6 heteroatoms.